The molecule has 0 amide bonds. The van der Waals surface area contributed by atoms with Crippen LogP contribution in [-0.4, -0.2) is 13.6 Å². The van der Waals surface area contributed by atoms with Crippen LogP contribution in [0.4, 0.5) is 17.6 Å². The minimum atomic E-state index is -4.42. The fourth-order valence-corrected chi connectivity index (χ4v) is 1.21. The predicted octanol–water partition coefficient (Wildman–Crippen LogP) is 2.94. The lowest BCUT2D eigenvalue weighted by Crippen LogP contribution is -2.14. The normalized spacial score (nSPS) is 13.9. The van der Waals surface area contributed by atoms with Crippen LogP contribution >= 0.6 is 0 Å². The van der Waals surface area contributed by atoms with Crippen molar-refractivity contribution in [2.75, 3.05) is 13.6 Å². The maximum absolute atomic E-state index is 13.3. The summed E-state index contributed by atoms with van der Waals surface area (Å²) in [6.45, 7) is 0.00130. The lowest BCUT2D eigenvalue weighted by molar-refractivity contribution is -0.137. The molecular formula is C10H11F4N. The van der Waals surface area contributed by atoms with E-state index >= 15 is 0 Å². The van der Waals surface area contributed by atoms with E-state index in [4.69, 9.17) is 0 Å². The van der Waals surface area contributed by atoms with Gasteiger partial charge in [0.15, 0.2) is 0 Å². The van der Waals surface area contributed by atoms with Gasteiger partial charge in [0.25, 0.3) is 0 Å². The van der Waals surface area contributed by atoms with Gasteiger partial charge in [-0.3, -0.25) is 0 Å². The number of rotatable bonds is 3. The number of nitrogens with one attached hydrogen (secondary N) is 1. The second-order valence-electron chi connectivity index (χ2n) is 3.15. The third kappa shape index (κ3) is 3.20. The average molecular weight is 221 g/mol. The van der Waals surface area contributed by atoms with Crippen molar-refractivity contribution in [3.05, 3.63) is 35.4 Å². The second kappa shape index (κ2) is 4.61. The van der Waals surface area contributed by atoms with Crippen LogP contribution in [-0.2, 0) is 6.18 Å². The molecule has 1 rings (SSSR count). The maximum atomic E-state index is 13.3. The summed E-state index contributed by atoms with van der Waals surface area (Å²) in [5.41, 5.74) is -0.780. The molecule has 0 saturated carbocycles. The number of hydrogen-bond acceptors (Lipinski definition) is 1. The smallest absolute Gasteiger partial charge is 0.317 e. The Kier molecular flexibility index (Phi) is 3.68. The Bertz CT molecular complexity index is 321. The third-order valence-electron chi connectivity index (χ3n) is 1.96. The molecule has 84 valence electrons. The summed E-state index contributed by atoms with van der Waals surface area (Å²) in [7, 11) is 1.54. The molecular weight excluding hydrogens is 210 g/mol. The molecule has 0 heterocycles. The minimum Gasteiger partial charge on any atom is -0.317 e. The Labute approximate surface area is 85.1 Å². The third-order valence-corrected chi connectivity index (χ3v) is 1.96. The first-order valence-corrected chi connectivity index (χ1v) is 4.41. The largest absolute Gasteiger partial charge is 0.416 e. The summed E-state index contributed by atoms with van der Waals surface area (Å²) in [6.07, 6.45) is -5.84. The molecule has 0 aromatic heterocycles. The number of alkyl halides is 4. The van der Waals surface area contributed by atoms with Gasteiger partial charge in [-0.1, -0.05) is 12.1 Å². The summed E-state index contributed by atoms with van der Waals surface area (Å²) in [6, 6.07) is 4.31. The van der Waals surface area contributed by atoms with Crippen LogP contribution in [0, 0.1) is 0 Å². The molecule has 0 spiro atoms. The second-order valence-corrected chi connectivity index (χ2v) is 3.15. The van der Waals surface area contributed by atoms with E-state index in [-0.39, 0.29) is 12.1 Å². The number of benzene rings is 1. The zero-order valence-corrected chi connectivity index (χ0v) is 8.11. The van der Waals surface area contributed by atoms with E-state index < -0.39 is 17.9 Å². The fourth-order valence-electron chi connectivity index (χ4n) is 1.21. The molecule has 0 aliphatic heterocycles. The van der Waals surface area contributed by atoms with Crippen LogP contribution in [0.5, 0.6) is 0 Å². The molecule has 0 fully saturated rings. The first-order chi connectivity index (χ1) is 6.95. The molecule has 0 aliphatic carbocycles. The first kappa shape index (κ1) is 12.0. The van der Waals surface area contributed by atoms with Gasteiger partial charge >= 0.3 is 6.18 Å². The Morgan fingerprint density at radius 1 is 1.33 bits per heavy atom. The van der Waals surface area contributed by atoms with Gasteiger partial charge in [0, 0.05) is 6.54 Å². The zero-order chi connectivity index (χ0) is 11.5. The van der Waals surface area contributed by atoms with E-state index in [1.807, 2.05) is 0 Å². The Balaban J connectivity index is 2.92. The Morgan fingerprint density at radius 2 is 2.00 bits per heavy atom. The van der Waals surface area contributed by atoms with Crippen molar-refractivity contribution in [3.8, 4) is 0 Å². The summed E-state index contributed by atoms with van der Waals surface area (Å²) >= 11 is 0. The molecule has 1 aromatic rings. The van der Waals surface area contributed by atoms with E-state index in [1.165, 1.54) is 12.1 Å². The summed E-state index contributed by atoms with van der Waals surface area (Å²) in [5, 5.41) is 2.57. The molecule has 1 aromatic carbocycles. The predicted molar refractivity (Wildman–Crippen MR) is 49.2 cm³/mol. The highest BCUT2D eigenvalue weighted by molar-refractivity contribution is 5.27. The summed E-state index contributed by atoms with van der Waals surface area (Å²) in [4.78, 5) is 0. The van der Waals surface area contributed by atoms with Crippen molar-refractivity contribution in [1.29, 1.82) is 0 Å². The van der Waals surface area contributed by atoms with E-state index in [0.717, 1.165) is 12.1 Å². The fraction of sp³-hybridized carbons (Fsp3) is 0.400. The molecule has 5 heteroatoms. The molecule has 0 aliphatic rings. The van der Waals surface area contributed by atoms with Gasteiger partial charge < -0.3 is 5.32 Å². The van der Waals surface area contributed by atoms with Gasteiger partial charge in [-0.05, 0) is 24.7 Å². The van der Waals surface area contributed by atoms with E-state index in [0.29, 0.717) is 0 Å². The lowest BCUT2D eigenvalue weighted by atomic mass is 10.1. The zero-order valence-electron chi connectivity index (χ0n) is 8.11. The van der Waals surface area contributed by atoms with Crippen LogP contribution in [0.15, 0.2) is 24.3 Å². The maximum Gasteiger partial charge on any atom is 0.416 e. The molecule has 1 nitrogen and oxygen atoms in total. The van der Waals surface area contributed by atoms with Crippen molar-refractivity contribution >= 4 is 0 Å². The highest BCUT2D eigenvalue weighted by Crippen LogP contribution is 2.31. The lowest BCUT2D eigenvalue weighted by Gasteiger charge is -2.11. The van der Waals surface area contributed by atoms with Crippen molar-refractivity contribution in [2.24, 2.45) is 0 Å². The van der Waals surface area contributed by atoms with Gasteiger partial charge in [-0.25, -0.2) is 4.39 Å². The standard InChI is InChI=1S/C10H11F4N/c1-15-6-9(11)7-3-2-4-8(5-7)10(12,13)14/h2-5,9,15H,6H2,1H3. The molecule has 1 N–H and O–H groups in total. The average Bonchev–Trinajstić information content (AvgIpc) is 2.17. The van der Waals surface area contributed by atoms with Crippen molar-refractivity contribution in [1.82, 2.24) is 5.32 Å². The first-order valence-electron chi connectivity index (χ1n) is 4.41. The van der Waals surface area contributed by atoms with Crippen LogP contribution in [0.2, 0.25) is 0 Å². The van der Waals surface area contributed by atoms with Crippen LogP contribution in [0.3, 0.4) is 0 Å². The topological polar surface area (TPSA) is 12.0 Å². The molecule has 15 heavy (non-hydrogen) atoms. The number of likely N-dealkylation sites (N-methyl/N-ethyl adjacent to an activating group) is 1. The van der Waals surface area contributed by atoms with Gasteiger partial charge in [-0.2, -0.15) is 13.2 Å². The van der Waals surface area contributed by atoms with Crippen LogP contribution in [0.1, 0.15) is 17.3 Å². The van der Waals surface area contributed by atoms with E-state index in [9.17, 15) is 17.6 Å². The van der Waals surface area contributed by atoms with Crippen LogP contribution < -0.4 is 5.32 Å². The highest BCUT2D eigenvalue weighted by Gasteiger charge is 2.30. The number of halogens is 4. The molecule has 0 bridgehead atoms. The van der Waals surface area contributed by atoms with Crippen molar-refractivity contribution in [2.45, 2.75) is 12.3 Å². The monoisotopic (exact) mass is 221 g/mol. The summed E-state index contributed by atoms with van der Waals surface area (Å²) < 4.78 is 50.1. The molecule has 0 saturated heterocycles. The van der Waals surface area contributed by atoms with Crippen LogP contribution in [0.25, 0.3) is 0 Å². The quantitative estimate of drug-likeness (QED) is 0.774. The van der Waals surface area contributed by atoms with Gasteiger partial charge in [0.05, 0.1) is 5.56 Å². The molecule has 1 unspecified atom stereocenters. The Morgan fingerprint density at radius 3 is 2.53 bits per heavy atom. The van der Waals surface area contributed by atoms with Gasteiger partial charge in [-0.15, -0.1) is 0 Å². The SMILES string of the molecule is CNCC(F)c1cccc(C(F)(F)F)c1. The van der Waals surface area contributed by atoms with Gasteiger partial charge in [0.2, 0.25) is 0 Å². The summed E-state index contributed by atoms with van der Waals surface area (Å²) in [5.74, 6) is 0. The van der Waals surface area contributed by atoms with Gasteiger partial charge in [0.1, 0.15) is 6.17 Å². The molecule has 0 radical (unpaired) electrons. The van der Waals surface area contributed by atoms with Crippen molar-refractivity contribution in [3.63, 3.8) is 0 Å². The van der Waals surface area contributed by atoms with E-state index in [1.54, 1.807) is 7.05 Å². The van der Waals surface area contributed by atoms with Crippen molar-refractivity contribution < 1.29 is 17.6 Å². The van der Waals surface area contributed by atoms with E-state index in [2.05, 4.69) is 5.32 Å². The minimum absolute atomic E-state index is 0.00130. The molecule has 1 atom stereocenters. The highest BCUT2D eigenvalue weighted by atomic mass is 19.4. The Hall–Kier alpha value is -1.10. The number of hydrogen-bond donors (Lipinski definition) is 1.